The Morgan fingerprint density at radius 3 is 3.00 bits per heavy atom. The standard InChI is InChI=1S/C13H17NO2/c15-13(16)14-11-6-2-1-4-9(11)8-10-5-3-7-12(10)14/h2-3,5-6,9-12H,1,4,7-8H2,(H,15,16). The average Bonchev–Trinajstić information content (AvgIpc) is 2.72. The fraction of sp³-hybridized carbons (Fsp3) is 0.615. The van der Waals surface area contributed by atoms with Gasteiger partial charge >= 0.3 is 6.09 Å². The molecule has 0 aromatic carbocycles. The Bertz CT molecular complexity index is 361. The third-order valence-electron chi connectivity index (χ3n) is 4.25. The Kier molecular flexibility index (Phi) is 2.27. The maximum atomic E-state index is 11.4. The molecule has 0 bridgehead atoms. The van der Waals surface area contributed by atoms with Gasteiger partial charge in [0.05, 0.1) is 6.04 Å². The molecule has 1 fully saturated rings. The zero-order chi connectivity index (χ0) is 11.1. The number of nitrogens with zero attached hydrogens (tertiary/aromatic N) is 1. The number of amides is 1. The lowest BCUT2D eigenvalue weighted by Gasteiger charge is -2.46. The van der Waals surface area contributed by atoms with Crippen molar-refractivity contribution in [2.45, 2.75) is 37.8 Å². The second kappa shape index (κ2) is 3.65. The van der Waals surface area contributed by atoms with Crippen molar-refractivity contribution < 1.29 is 9.90 Å². The molecule has 16 heavy (non-hydrogen) atoms. The normalized spacial score (nSPS) is 40.6. The smallest absolute Gasteiger partial charge is 0.408 e. The van der Waals surface area contributed by atoms with Crippen LogP contribution >= 0.6 is 0 Å². The summed E-state index contributed by atoms with van der Waals surface area (Å²) >= 11 is 0. The molecule has 3 heteroatoms. The molecule has 3 aliphatic rings. The van der Waals surface area contributed by atoms with E-state index in [9.17, 15) is 9.90 Å². The van der Waals surface area contributed by atoms with E-state index in [1.807, 2.05) is 0 Å². The van der Waals surface area contributed by atoms with Gasteiger partial charge in [-0.15, -0.1) is 0 Å². The minimum absolute atomic E-state index is 0.132. The maximum absolute atomic E-state index is 11.4. The predicted molar refractivity (Wildman–Crippen MR) is 61.2 cm³/mol. The van der Waals surface area contributed by atoms with Crippen molar-refractivity contribution in [3.8, 4) is 0 Å². The van der Waals surface area contributed by atoms with Crippen molar-refractivity contribution in [1.82, 2.24) is 4.90 Å². The van der Waals surface area contributed by atoms with Crippen molar-refractivity contribution >= 4 is 6.09 Å². The fourth-order valence-corrected chi connectivity index (χ4v) is 3.54. The van der Waals surface area contributed by atoms with Gasteiger partial charge in [-0.1, -0.05) is 24.3 Å². The Hall–Kier alpha value is -1.25. The highest BCUT2D eigenvalue weighted by Gasteiger charge is 2.44. The van der Waals surface area contributed by atoms with Gasteiger partial charge in [0.15, 0.2) is 0 Å². The molecule has 0 aromatic rings. The van der Waals surface area contributed by atoms with Gasteiger partial charge in [-0.25, -0.2) is 4.79 Å². The first-order valence-corrected chi connectivity index (χ1v) is 6.12. The van der Waals surface area contributed by atoms with Gasteiger partial charge in [0, 0.05) is 6.04 Å². The topological polar surface area (TPSA) is 40.5 Å². The summed E-state index contributed by atoms with van der Waals surface area (Å²) in [4.78, 5) is 13.1. The van der Waals surface area contributed by atoms with Crippen molar-refractivity contribution in [2.24, 2.45) is 11.8 Å². The summed E-state index contributed by atoms with van der Waals surface area (Å²) in [5, 5.41) is 9.39. The molecule has 2 aliphatic carbocycles. The summed E-state index contributed by atoms with van der Waals surface area (Å²) < 4.78 is 0. The molecule has 0 radical (unpaired) electrons. The van der Waals surface area contributed by atoms with Gasteiger partial charge in [-0.3, -0.25) is 4.90 Å². The summed E-state index contributed by atoms with van der Waals surface area (Å²) in [7, 11) is 0. The van der Waals surface area contributed by atoms with Gasteiger partial charge in [-0.05, 0) is 37.5 Å². The maximum Gasteiger partial charge on any atom is 0.408 e. The molecule has 0 aromatic heterocycles. The molecule has 1 saturated heterocycles. The SMILES string of the molecule is O=C(O)N1C2C=CCCC2CC2C=CCC21. The molecule has 4 unspecified atom stereocenters. The molecular formula is C13H17NO2. The number of piperidine rings is 1. The predicted octanol–water partition coefficient (Wildman–Crippen LogP) is 2.65. The van der Waals surface area contributed by atoms with E-state index in [1.165, 1.54) is 6.42 Å². The zero-order valence-electron chi connectivity index (χ0n) is 9.25. The molecule has 1 N–H and O–H groups in total. The minimum atomic E-state index is -0.750. The Labute approximate surface area is 95.4 Å². The van der Waals surface area contributed by atoms with Crippen LogP contribution in [-0.4, -0.2) is 28.2 Å². The van der Waals surface area contributed by atoms with Crippen molar-refractivity contribution in [3.05, 3.63) is 24.3 Å². The third-order valence-corrected chi connectivity index (χ3v) is 4.25. The van der Waals surface area contributed by atoms with Crippen LogP contribution in [0.2, 0.25) is 0 Å². The Balaban J connectivity index is 1.93. The quantitative estimate of drug-likeness (QED) is 0.636. The summed E-state index contributed by atoms with van der Waals surface area (Å²) in [5.41, 5.74) is 0. The number of carbonyl (C=O) groups is 1. The van der Waals surface area contributed by atoms with E-state index in [0.29, 0.717) is 11.8 Å². The zero-order valence-corrected chi connectivity index (χ0v) is 9.25. The van der Waals surface area contributed by atoms with Crippen molar-refractivity contribution in [2.75, 3.05) is 0 Å². The van der Waals surface area contributed by atoms with Crippen LogP contribution in [-0.2, 0) is 0 Å². The molecule has 3 nitrogen and oxygen atoms in total. The average molecular weight is 219 g/mol. The first kappa shape index (κ1) is 9.94. The summed E-state index contributed by atoms with van der Waals surface area (Å²) in [6.07, 6.45) is 12.2. The van der Waals surface area contributed by atoms with E-state index in [1.54, 1.807) is 4.90 Å². The van der Waals surface area contributed by atoms with E-state index in [-0.39, 0.29) is 12.1 Å². The first-order chi connectivity index (χ1) is 7.77. The lowest BCUT2D eigenvalue weighted by Crippen LogP contribution is -2.55. The first-order valence-electron chi connectivity index (χ1n) is 6.12. The molecule has 0 saturated carbocycles. The molecular weight excluding hydrogens is 202 g/mol. The fourth-order valence-electron chi connectivity index (χ4n) is 3.54. The van der Waals surface area contributed by atoms with Gasteiger partial charge in [0.2, 0.25) is 0 Å². The number of likely N-dealkylation sites (tertiary alicyclic amines) is 1. The lowest BCUT2D eigenvalue weighted by atomic mass is 9.75. The summed E-state index contributed by atoms with van der Waals surface area (Å²) in [6.45, 7) is 0. The van der Waals surface area contributed by atoms with Crippen LogP contribution in [0.5, 0.6) is 0 Å². The molecule has 1 heterocycles. The van der Waals surface area contributed by atoms with E-state index in [4.69, 9.17) is 0 Å². The van der Waals surface area contributed by atoms with E-state index >= 15 is 0 Å². The summed E-state index contributed by atoms with van der Waals surface area (Å²) in [5.74, 6) is 0.994. The molecule has 0 spiro atoms. The number of hydrogen-bond acceptors (Lipinski definition) is 1. The Morgan fingerprint density at radius 1 is 1.31 bits per heavy atom. The second-order valence-electron chi connectivity index (χ2n) is 5.08. The highest BCUT2D eigenvalue weighted by molar-refractivity contribution is 5.67. The molecule has 86 valence electrons. The van der Waals surface area contributed by atoms with Crippen LogP contribution in [0.3, 0.4) is 0 Å². The summed E-state index contributed by atoms with van der Waals surface area (Å²) in [6, 6.07) is 0.328. The van der Waals surface area contributed by atoms with E-state index in [0.717, 1.165) is 19.3 Å². The number of rotatable bonds is 0. The molecule has 3 rings (SSSR count). The molecule has 1 amide bonds. The van der Waals surface area contributed by atoms with E-state index < -0.39 is 6.09 Å². The number of hydrogen-bond donors (Lipinski definition) is 1. The van der Waals surface area contributed by atoms with Crippen LogP contribution in [0, 0.1) is 11.8 Å². The van der Waals surface area contributed by atoms with Crippen LogP contribution in [0.1, 0.15) is 25.7 Å². The highest BCUT2D eigenvalue weighted by atomic mass is 16.4. The van der Waals surface area contributed by atoms with Gasteiger partial charge in [0.1, 0.15) is 0 Å². The number of carboxylic acid groups (broad SMARTS) is 1. The lowest BCUT2D eigenvalue weighted by molar-refractivity contribution is 0.0400. The monoisotopic (exact) mass is 219 g/mol. The van der Waals surface area contributed by atoms with Crippen LogP contribution < -0.4 is 0 Å². The number of allylic oxidation sites excluding steroid dienone is 1. The highest BCUT2D eigenvalue weighted by Crippen LogP contribution is 2.42. The second-order valence-corrected chi connectivity index (χ2v) is 5.08. The minimum Gasteiger partial charge on any atom is -0.465 e. The largest absolute Gasteiger partial charge is 0.465 e. The van der Waals surface area contributed by atoms with Gasteiger partial charge < -0.3 is 5.11 Å². The van der Waals surface area contributed by atoms with Gasteiger partial charge in [0.25, 0.3) is 0 Å². The number of fused-ring (bicyclic) bond motifs is 2. The third kappa shape index (κ3) is 1.38. The van der Waals surface area contributed by atoms with E-state index in [2.05, 4.69) is 24.3 Å². The van der Waals surface area contributed by atoms with Crippen LogP contribution in [0.15, 0.2) is 24.3 Å². The van der Waals surface area contributed by atoms with Gasteiger partial charge in [-0.2, -0.15) is 0 Å². The van der Waals surface area contributed by atoms with Crippen molar-refractivity contribution in [3.63, 3.8) is 0 Å². The van der Waals surface area contributed by atoms with Crippen LogP contribution in [0.25, 0.3) is 0 Å². The molecule has 1 aliphatic heterocycles. The van der Waals surface area contributed by atoms with Crippen molar-refractivity contribution in [1.29, 1.82) is 0 Å². The Morgan fingerprint density at radius 2 is 2.19 bits per heavy atom. The van der Waals surface area contributed by atoms with Crippen LogP contribution in [0.4, 0.5) is 4.79 Å². The molecule has 4 atom stereocenters.